The zero-order valence-corrected chi connectivity index (χ0v) is 11.1. The predicted octanol–water partition coefficient (Wildman–Crippen LogP) is 2.92. The van der Waals surface area contributed by atoms with Crippen LogP contribution in [-0.4, -0.2) is 20.2 Å². The average molecular weight is 236 g/mol. The second kappa shape index (κ2) is 5.71. The van der Waals surface area contributed by atoms with Crippen LogP contribution in [0.1, 0.15) is 30.9 Å². The minimum atomic E-state index is -0.217. The van der Waals surface area contributed by atoms with Crippen molar-refractivity contribution in [2.75, 3.05) is 14.2 Å². The van der Waals surface area contributed by atoms with Crippen molar-refractivity contribution in [3.8, 4) is 5.75 Å². The molecule has 0 saturated carbocycles. The Hall–Kier alpha value is -1.51. The maximum absolute atomic E-state index is 11.8. The summed E-state index contributed by atoms with van der Waals surface area (Å²) >= 11 is 0. The van der Waals surface area contributed by atoms with Gasteiger partial charge in [0.25, 0.3) is 0 Å². The molecule has 0 spiro atoms. The minimum Gasteiger partial charge on any atom is -0.497 e. The summed E-state index contributed by atoms with van der Waals surface area (Å²) in [6.45, 7) is 6.02. The molecule has 94 valence electrons. The van der Waals surface area contributed by atoms with Crippen LogP contribution in [0.2, 0.25) is 0 Å². The van der Waals surface area contributed by atoms with Crippen molar-refractivity contribution in [1.29, 1.82) is 0 Å². The first-order valence-electron chi connectivity index (χ1n) is 5.73. The first-order valence-corrected chi connectivity index (χ1v) is 5.73. The molecule has 0 amide bonds. The number of ether oxygens (including phenoxy) is 2. The number of carbonyl (C=O) groups excluding carboxylic acids is 1. The molecule has 0 heterocycles. The third kappa shape index (κ3) is 2.99. The molecule has 0 saturated heterocycles. The zero-order chi connectivity index (χ0) is 13.0. The fraction of sp³-hybridized carbons (Fsp3) is 0.500. The Bertz CT molecular complexity index is 396. The smallest absolute Gasteiger partial charge is 0.313 e. The van der Waals surface area contributed by atoms with Crippen LogP contribution < -0.4 is 4.74 Å². The molecule has 1 rings (SSSR count). The molecule has 3 heteroatoms. The molecule has 1 atom stereocenters. The van der Waals surface area contributed by atoms with E-state index < -0.39 is 0 Å². The van der Waals surface area contributed by atoms with Gasteiger partial charge < -0.3 is 9.47 Å². The van der Waals surface area contributed by atoms with Crippen LogP contribution in [0.15, 0.2) is 18.2 Å². The summed E-state index contributed by atoms with van der Waals surface area (Å²) in [4.78, 5) is 11.8. The van der Waals surface area contributed by atoms with Crippen molar-refractivity contribution in [2.45, 2.75) is 26.7 Å². The molecule has 3 nitrogen and oxygen atoms in total. The summed E-state index contributed by atoms with van der Waals surface area (Å²) in [6, 6.07) is 5.75. The van der Waals surface area contributed by atoms with E-state index >= 15 is 0 Å². The maximum atomic E-state index is 11.8. The molecule has 0 fully saturated rings. The number of aryl methyl sites for hydroxylation is 1. The normalized spacial score (nSPS) is 12.4. The number of benzene rings is 1. The molecule has 17 heavy (non-hydrogen) atoms. The van der Waals surface area contributed by atoms with Crippen LogP contribution in [-0.2, 0) is 9.53 Å². The van der Waals surface area contributed by atoms with E-state index in [0.29, 0.717) is 0 Å². The molecule has 0 radical (unpaired) electrons. The highest BCUT2D eigenvalue weighted by Gasteiger charge is 2.26. The van der Waals surface area contributed by atoms with Gasteiger partial charge in [-0.15, -0.1) is 0 Å². The Morgan fingerprint density at radius 1 is 1.24 bits per heavy atom. The summed E-state index contributed by atoms with van der Waals surface area (Å²) in [5, 5.41) is 0. The highest BCUT2D eigenvalue weighted by Crippen LogP contribution is 2.30. The van der Waals surface area contributed by atoms with E-state index in [1.165, 1.54) is 7.11 Å². The van der Waals surface area contributed by atoms with Gasteiger partial charge >= 0.3 is 5.97 Å². The molecule has 0 aromatic heterocycles. The first-order chi connectivity index (χ1) is 8.01. The second-order valence-electron chi connectivity index (χ2n) is 4.47. The van der Waals surface area contributed by atoms with E-state index in [1.54, 1.807) is 7.11 Å². The third-order valence-corrected chi connectivity index (χ3v) is 2.93. The van der Waals surface area contributed by atoms with Gasteiger partial charge in [0.05, 0.1) is 20.1 Å². The monoisotopic (exact) mass is 236 g/mol. The lowest BCUT2D eigenvalue weighted by Gasteiger charge is -2.21. The molecular formula is C14H20O3. The van der Waals surface area contributed by atoms with Gasteiger partial charge in [0.1, 0.15) is 5.75 Å². The van der Waals surface area contributed by atoms with Gasteiger partial charge in [0.15, 0.2) is 0 Å². The van der Waals surface area contributed by atoms with Gasteiger partial charge in [-0.1, -0.05) is 19.9 Å². The lowest BCUT2D eigenvalue weighted by Crippen LogP contribution is -2.20. The van der Waals surface area contributed by atoms with Crippen LogP contribution in [0.3, 0.4) is 0 Å². The van der Waals surface area contributed by atoms with Crippen LogP contribution in [0.25, 0.3) is 0 Å². The fourth-order valence-electron chi connectivity index (χ4n) is 2.01. The topological polar surface area (TPSA) is 35.5 Å². The molecule has 0 N–H and O–H groups in total. The lowest BCUT2D eigenvalue weighted by molar-refractivity contribution is -0.143. The predicted molar refractivity (Wildman–Crippen MR) is 67.3 cm³/mol. The lowest BCUT2D eigenvalue weighted by atomic mass is 9.86. The quantitative estimate of drug-likeness (QED) is 0.754. The molecule has 1 aromatic carbocycles. The summed E-state index contributed by atoms with van der Waals surface area (Å²) in [5.74, 6) is 0.604. The molecule has 1 aromatic rings. The standard InChI is InChI=1S/C14H20O3/c1-9(2)13(14(15)17-5)12-7-6-11(16-4)8-10(12)3/h6-9,13H,1-5H3. The van der Waals surface area contributed by atoms with Gasteiger partial charge in [-0.3, -0.25) is 4.79 Å². The zero-order valence-electron chi connectivity index (χ0n) is 11.1. The van der Waals surface area contributed by atoms with Crippen molar-refractivity contribution < 1.29 is 14.3 Å². The number of hydrogen-bond acceptors (Lipinski definition) is 3. The van der Waals surface area contributed by atoms with Crippen molar-refractivity contribution in [2.24, 2.45) is 5.92 Å². The highest BCUT2D eigenvalue weighted by molar-refractivity contribution is 5.79. The number of methoxy groups -OCH3 is 2. The van der Waals surface area contributed by atoms with Crippen LogP contribution in [0.4, 0.5) is 0 Å². The van der Waals surface area contributed by atoms with Crippen molar-refractivity contribution in [3.05, 3.63) is 29.3 Å². The Balaban J connectivity index is 3.15. The molecular weight excluding hydrogens is 216 g/mol. The SMILES string of the molecule is COC(=O)C(c1ccc(OC)cc1C)C(C)C. The first kappa shape index (κ1) is 13.6. The molecule has 0 bridgehead atoms. The Labute approximate surface area is 103 Å². The number of esters is 1. The van der Waals surface area contributed by atoms with E-state index in [2.05, 4.69) is 0 Å². The van der Waals surface area contributed by atoms with Gasteiger partial charge in [0, 0.05) is 0 Å². The van der Waals surface area contributed by atoms with Crippen LogP contribution in [0.5, 0.6) is 5.75 Å². The molecule has 0 aliphatic heterocycles. The van der Waals surface area contributed by atoms with Crippen LogP contribution >= 0.6 is 0 Å². The maximum Gasteiger partial charge on any atom is 0.313 e. The Kier molecular flexibility index (Phi) is 4.55. The van der Waals surface area contributed by atoms with E-state index in [4.69, 9.17) is 9.47 Å². The van der Waals surface area contributed by atoms with E-state index in [0.717, 1.165) is 16.9 Å². The Morgan fingerprint density at radius 2 is 1.88 bits per heavy atom. The fourth-order valence-corrected chi connectivity index (χ4v) is 2.01. The number of hydrogen-bond donors (Lipinski definition) is 0. The van der Waals surface area contributed by atoms with Gasteiger partial charge in [-0.2, -0.15) is 0 Å². The highest BCUT2D eigenvalue weighted by atomic mass is 16.5. The van der Waals surface area contributed by atoms with Gasteiger partial charge in [0.2, 0.25) is 0 Å². The van der Waals surface area contributed by atoms with Crippen molar-refractivity contribution in [1.82, 2.24) is 0 Å². The largest absolute Gasteiger partial charge is 0.497 e. The van der Waals surface area contributed by atoms with Crippen molar-refractivity contribution >= 4 is 5.97 Å². The summed E-state index contributed by atoms with van der Waals surface area (Å²) in [7, 11) is 3.06. The van der Waals surface area contributed by atoms with Crippen LogP contribution in [0, 0.1) is 12.8 Å². The van der Waals surface area contributed by atoms with Gasteiger partial charge in [-0.25, -0.2) is 0 Å². The summed E-state index contributed by atoms with van der Waals surface area (Å²) in [6.07, 6.45) is 0. The van der Waals surface area contributed by atoms with E-state index in [9.17, 15) is 4.79 Å². The summed E-state index contributed by atoms with van der Waals surface area (Å²) < 4.78 is 10.0. The second-order valence-corrected chi connectivity index (χ2v) is 4.47. The minimum absolute atomic E-state index is 0.187. The molecule has 0 aliphatic rings. The van der Waals surface area contributed by atoms with Gasteiger partial charge in [-0.05, 0) is 36.1 Å². The van der Waals surface area contributed by atoms with E-state index in [1.807, 2.05) is 39.0 Å². The molecule has 0 aliphatic carbocycles. The third-order valence-electron chi connectivity index (χ3n) is 2.93. The average Bonchev–Trinajstić information content (AvgIpc) is 2.30. The number of rotatable bonds is 4. The summed E-state index contributed by atoms with van der Waals surface area (Å²) in [5.41, 5.74) is 2.06. The Morgan fingerprint density at radius 3 is 2.29 bits per heavy atom. The van der Waals surface area contributed by atoms with Crippen molar-refractivity contribution in [3.63, 3.8) is 0 Å². The molecule has 1 unspecified atom stereocenters. The van der Waals surface area contributed by atoms with E-state index in [-0.39, 0.29) is 17.8 Å². The number of carbonyl (C=O) groups is 1.